The van der Waals surface area contributed by atoms with Crippen molar-refractivity contribution in [3.8, 4) is 0 Å². The Hall–Kier alpha value is -0.790. The van der Waals surface area contributed by atoms with Gasteiger partial charge in [-0.2, -0.15) is 0 Å². The number of nitrogens with two attached hydrogens (primary N) is 1. The number of hydrogen-bond donors (Lipinski definition) is 2. The van der Waals surface area contributed by atoms with Gasteiger partial charge in [0, 0.05) is 24.1 Å². The first-order valence-corrected chi connectivity index (χ1v) is 5.97. The Kier molecular flexibility index (Phi) is 1.89. The van der Waals surface area contributed by atoms with Gasteiger partial charge in [0.05, 0.1) is 5.92 Å². The van der Waals surface area contributed by atoms with E-state index in [-0.39, 0.29) is 0 Å². The van der Waals surface area contributed by atoms with Crippen LogP contribution >= 0.6 is 0 Å². The summed E-state index contributed by atoms with van der Waals surface area (Å²) in [5.41, 5.74) is 10.5. The number of nitrogens with one attached hydrogen (secondary N) is 1. The second-order valence-electron chi connectivity index (χ2n) is 4.91. The molecule has 1 heterocycles. The van der Waals surface area contributed by atoms with Crippen molar-refractivity contribution in [1.82, 2.24) is 0 Å². The molecule has 2 fully saturated rings. The highest BCUT2D eigenvalue weighted by atomic mass is 14.9. The third kappa shape index (κ3) is 1.13. The minimum Gasteiger partial charge on any atom is -0.401 e. The molecule has 2 saturated carbocycles. The normalized spacial score (nSPS) is 36.4. The molecule has 3 aliphatic rings. The van der Waals surface area contributed by atoms with E-state index in [1.54, 1.807) is 0 Å². The first kappa shape index (κ1) is 8.51. The first-order valence-electron chi connectivity index (χ1n) is 5.97. The summed E-state index contributed by atoms with van der Waals surface area (Å²) < 4.78 is 0. The third-order valence-electron chi connectivity index (χ3n) is 4.09. The SMILES string of the molecule is NC1=C2CCCC2=[NH+][C@H]2CCCC[C@@H]12. The van der Waals surface area contributed by atoms with Crippen LogP contribution in [0.4, 0.5) is 0 Å². The van der Waals surface area contributed by atoms with Crippen LogP contribution in [-0.2, 0) is 0 Å². The van der Waals surface area contributed by atoms with Gasteiger partial charge in [0.2, 0.25) is 0 Å². The van der Waals surface area contributed by atoms with Crippen LogP contribution in [0.2, 0.25) is 0 Å². The first-order chi connectivity index (χ1) is 6.86. The lowest BCUT2D eigenvalue weighted by molar-refractivity contribution is -0.518. The molecule has 3 N–H and O–H groups in total. The molecule has 0 unspecified atom stereocenters. The van der Waals surface area contributed by atoms with E-state index in [0.717, 1.165) is 0 Å². The van der Waals surface area contributed by atoms with E-state index in [4.69, 9.17) is 5.73 Å². The van der Waals surface area contributed by atoms with E-state index < -0.39 is 0 Å². The lowest BCUT2D eigenvalue weighted by atomic mass is 9.79. The molecule has 0 saturated heterocycles. The fourth-order valence-corrected chi connectivity index (χ4v) is 3.35. The van der Waals surface area contributed by atoms with Crippen LogP contribution in [0.3, 0.4) is 0 Å². The average molecular weight is 191 g/mol. The molecule has 0 radical (unpaired) electrons. The fraction of sp³-hybridized carbons (Fsp3) is 0.750. The lowest BCUT2D eigenvalue weighted by Crippen LogP contribution is -2.83. The molecule has 0 aromatic rings. The fourth-order valence-electron chi connectivity index (χ4n) is 3.35. The largest absolute Gasteiger partial charge is 0.401 e. The maximum atomic E-state index is 6.29. The molecule has 1 aliphatic heterocycles. The summed E-state index contributed by atoms with van der Waals surface area (Å²) in [5.74, 6) is 0.653. The highest BCUT2D eigenvalue weighted by Crippen LogP contribution is 2.33. The van der Waals surface area contributed by atoms with Crippen molar-refractivity contribution >= 4 is 5.71 Å². The Bertz CT molecular complexity index is 314. The van der Waals surface area contributed by atoms with Gasteiger partial charge < -0.3 is 5.73 Å². The highest BCUT2D eigenvalue weighted by molar-refractivity contribution is 5.98. The highest BCUT2D eigenvalue weighted by Gasteiger charge is 2.39. The molecule has 0 aromatic carbocycles. The van der Waals surface area contributed by atoms with Crippen LogP contribution in [0.15, 0.2) is 11.3 Å². The maximum absolute atomic E-state index is 6.29. The Balaban J connectivity index is 1.98. The second kappa shape index (κ2) is 3.11. The lowest BCUT2D eigenvalue weighted by Gasteiger charge is -2.29. The molecule has 2 aliphatic carbocycles. The summed E-state index contributed by atoms with van der Waals surface area (Å²) >= 11 is 0. The van der Waals surface area contributed by atoms with Gasteiger partial charge in [0.1, 0.15) is 0 Å². The van der Waals surface area contributed by atoms with Gasteiger partial charge in [0.15, 0.2) is 11.8 Å². The minimum absolute atomic E-state index is 0.653. The predicted molar refractivity (Wildman–Crippen MR) is 56.8 cm³/mol. The van der Waals surface area contributed by atoms with Crippen molar-refractivity contribution < 1.29 is 4.99 Å². The Morgan fingerprint density at radius 1 is 1.07 bits per heavy atom. The van der Waals surface area contributed by atoms with Gasteiger partial charge >= 0.3 is 0 Å². The smallest absolute Gasteiger partial charge is 0.179 e. The summed E-state index contributed by atoms with van der Waals surface area (Å²) in [5, 5.41) is 0. The monoisotopic (exact) mass is 191 g/mol. The molecule has 0 amide bonds. The van der Waals surface area contributed by atoms with Crippen LogP contribution < -0.4 is 10.7 Å². The van der Waals surface area contributed by atoms with Gasteiger partial charge in [-0.3, -0.25) is 0 Å². The third-order valence-corrected chi connectivity index (χ3v) is 4.09. The van der Waals surface area contributed by atoms with E-state index >= 15 is 0 Å². The van der Waals surface area contributed by atoms with E-state index in [0.29, 0.717) is 12.0 Å². The molecule has 0 bridgehead atoms. The van der Waals surface area contributed by atoms with Crippen LogP contribution in [0.1, 0.15) is 44.9 Å². The van der Waals surface area contributed by atoms with E-state index in [1.165, 1.54) is 61.9 Å². The number of allylic oxidation sites excluding steroid dienone is 1. The molecule has 2 heteroatoms. The van der Waals surface area contributed by atoms with Gasteiger partial charge in [-0.15, -0.1) is 0 Å². The standard InChI is InChI=1S/C12H18N2/c13-12-8-4-1-2-6-10(8)14-11-7-3-5-9(11)12/h8,10H,1-7,13H2/p+1/t8-,10+/m1/s1. The second-order valence-corrected chi connectivity index (χ2v) is 4.91. The van der Waals surface area contributed by atoms with Crippen LogP contribution in [0.25, 0.3) is 0 Å². The molecule has 2 atom stereocenters. The van der Waals surface area contributed by atoms with Crippen molar-refractivity contribution in [3.63, 3.8) is 0 Å². The molecule has 76 valence electrons. The van der Waals surface area contributed by atoms with Crippen LogP contribution in [0.5, 0.6) is 0 Å². The van der Waals surface area contributed by atoms with E-state index in [1.807, 2.05) is 0 Å². The number of hydrogen-bond acceptors (Lipinski definition) is 1. The van der Waals surface area contributed by atoms with E-state index in [9.17, 15) is 0 Å². The number of fused-ring (bicyclic) bond motifs is 2. The summed E-state index contributed by atoms with van der Waals surface area (Å²) in [6, 6.07) is 0.667. The van der Waals surface area contributed by atoms with Crippen LogP contribution in [0, 0.1) is 5.92 Å². The molecular weight excluding hydrogens is 172 g/mol. The zero-order valence-corrected chi connectivity index (χ0v) is 8.68. The predicted octanol–water partition coefficient (Wildman–Crippen LogP) is 0.477. The van der Waals surface area contributed by atoms with E-state index in [2.05, 4.69) is 4.99 Å². The topological polar surface area (TPSA) is 40.0 Å². The maximum Gasteiger partial charge on any atom is 0.179 e. The molecule has 3 rings (SSSR count). The van der Waals surface area contributed by atoms with Gasteiger partial charge in [-0.25, -0.2) is 4.99 Å². The van der Waals surface area contributed by atoms with Crippen molar-refractivity contribution in [2.24, 2.45) is 11.7 Å². The van der Waals surface area contributed by atoms with Gasteiger partial charge in [-0.05, 0) is 25.7 Å². The molecule has 2 nitrogen and oxygen atoms in total. The van der Waals surface area contributed by atoms with Crippen molar-refractivity contribution in [2.75, 3.05) is 0 Å². The van der Waals surface area contributed by atoms with Gasteiger partial charge in [-0.1, -0.05) is 6.42 Å². The summed E-state index contributed by atoms with van der Waals surface area (Å²) in [6.07, 6.45) is 9.13. The molecular formula is C12H19N2+. The minimum atomic E-state index is 0.653. The van der Waals surface area contributed by atoms with Gasteiger partial charge in [0.25, 0.3) is 0 Å². The van der Waals surface area contributed by atoms with Crippen LogP contribution in [-0.4, -0.2) is 11.8 Å². The average Bonchev–Trinajstić information content (AvgIpc) is 2.66. The molecule has 0 spiro atoms. The Morgan fingerprint density at radius 3 is 2.86 bits per heavy atom. The van der Waals surface area contributed by atoms with Crippen molar-refractivity contribution in [3.05, 3.63) is 11.3 Å². The quantitative estimate of drug-likeness (QED) is 0.574. The van der Waals surface area contributed by atoms with Crippen molar-refractivity contribution in [1.29, 1.82) is 0 Å². The summed E-state index contributed by atoms with van der Waals surface area (Å²) in [7, 11) is 0. The van der Waals surface area contributed by atoms with Crippen molar-refractivity contribution in [2.45, 2.75) is 51.0 Å². The number of rotatable bonds is 0. The zero-order valence-electron chi connectivity index (χ0n) is 8.68. The molecule has 14 heavy (non-hydrogen) atoms. The molecule has 0 aromatic heterocycles. The summed E-state index contributed by atoms with van der Waals surface area (Å²) in [4.78, 5) is 3.73. The zero-order chi connectivity index (χ0) is 9.54. The Labute approximate surface area is 85.3 Å². The Morgan fingerprint density at radius 2 is 1.93 bits per heavy atom. The summed E-state index contributed by atoms with van der Waals surface area (Å²) in [6.45, 7) is 0.